The van der Waals surface area contributed by atoms with Crippen molar-refractivity contribution in [1.29, 1.82) is 0 Å². The van der Waals surface area contributed by atoms with E-state index in [1.165, 1.54) is 16.3 Å². The van der Waals surface area contributed by atoms with Gasteiger partial charge in [0.05, 0.1) is 12.0 Å². The first-order valence-electron chi connectivity index (χ1n) is 13.1. The van der Waals surface area contributed by atoms with Crippen molar-refractivity contribution in [3.05, 3.63) is 48.0 Å². The molecule has 0 bridgehead atoms. The molecule has 0 radical (unpaired) electrons. The summed E-state index contributed by atoms with van der Waals surface area (Å²) in [4.78, 5) is 20.7. The Morgan fingerprint density at radius 3 is 2.65 bits per heavy atom. The molecular formula is C28H40N4O2. The minimum atomic E-state index is 0.0491. The van der Waals surface area contributed by atoms with Gasteiger partial charge >= 0.3 is 0 Å². The summed E-state index contributed by atoms with van der Waals surface area (Å²) in [7, 11) is 2.21. The average Bonchev–Trinajstić information content (AvgIpc) is 3.37. The summed E-state index contributed by atoms with van der Waals surface area (Å²) in [6.07, 6.45) is 3.35. The zero-order valence-electron chi connectivity index (χ0n) is 20.6. The lowest BCUT2D eigenvalue weighted by atomic mass is 9.87. The maximum absolute atomic E-state index is 13.2. The molecule has 0 aliphatic carbocycles. The fraction of sp³-hybridized carbons (Fsp3) is 0.607. The van der Waals surface area contributed by atoms with Gasteiger partial charge in [-0.3, -0.25) is 9.69 Å². The summed E-state index contributed by atoms with van der Waals surface area (Å²) < 4.78 is 5.72. The molecule has 6 nitrogen and oxygen atoms in total. The van der Waals surface area contributed by atoms with Crippen LogP contribution in [0.15, 0.2) is 42.5 Å². The summed E-state index contributed by atoms with van der Waals surface area (Å²) in [6, 6.07) is 15.3. The van der Waals surface area contributed by atoms with Gasteiger partial charge in [0, 0.05) is 65.5 Å². The number of ether oxygens (including phenoxy) is 1. The Labute approximate surface area is 204 Å². The summed E-state index contributed by atoms with van der Waals surface area (Å²) in [6.45, 7) is 9.92. The molecule has 184 valence electrons. The number of likely N-dealkylation sites (N-methyl/N-ethyl adjacent to an activating group) is 1. The molecule has 3 atom stereocenters. The molecule has 0 aromatic heterocycles. The summed E-state index contributed by atoms with van der Waals surface area (Å²) in [5.74, 6) is 0.784. The van der Waals surface area contributed by atoms with Crippen LogP contribution in [0.4, 0.5) is 0 Å². The normalized spacial score (nSPS) is 27.3. The highest BCUT2D eigenvalue weighted by atomic mass is 16.5. The SMILES string of the molecule is CN1CCN(C[C@H]2C[C@@H](C(=O)NCC3CCCO3)CN(Cc3ccc4ccccc4c3)C2)CC1. The van der Waals surface area contributed by atoms with Crippen molar-refractivity contribution < 1.29 is 9.53 Å². The Morgan fingerprint density at radius 1 is 1.03 bits per heavy atom. The molecule has 2 aromatic carbocycles. The van der Waals surface area contributed by atoms with Crippen LogP contribution in [-0.2, 0) is 16.1 Å². The number of amides is 1. The Bertz CT molecular complexity index is 952. The van der Waals surface area contributed by atoms with E-state index in [2.05, 4.69) is 69.5 Å². The van der Waals surface area contributed by atoms with Gasteiger partial charge in [0.25, 0.3) is 0 Å². The minimum absolute atomic E-state index is 0.0491. The third-order valence-corrected chi connectivity index (χ3v) is 7.84. The number of carbonyl (C=O) groups excluding carboxylic acids is 1. The largest absolute Gasteiger partial charge is 0.376 e. The molecule has 1 N–H and O–H groups in total. The van der Waals surface area contributed by atoms with Crippen LogP contribution in [-0.4, -0.2) is 92.7 Å². The lowest BCUT2D eigenvalue weighted by Gasteiger charge is -2.41. The standard InChI is InChI=1S/C28H40N4O2/c1-30-10-12-31(13-11-30)19-23-16-26(28(33)29-17-27-7-4-14-34-27)21-32(20-23)18-22-8-9-24-5-2-3-6-25(24)15-22/h2-3,5-6,8-9,15,23,26-27H,4,7,10-14,16-21H2,1H3,(H,29,33)/t23-,26-,27?/m1/s1. The highest BCUT2D eigenvalue weighted by Crippen LogP contribution is 2.26. The predicted molar refractivity (Wildman–Crippen MR) is 137 cm³/mol. The molecule has 3 heterocycles. The van der Waals surface area contributed by atoms with Gasteiger partial charge in [0.2, 0.25) is 5.91 Å². The van der Waals surface area contributed by atoms with Crippen LogP contribution in [0.1, 0.15) is 24.8 Å². The monoisotopic (exact) mass is 464 g/mol. The van der Waals surface area contributed by atoms with Gasteiger partial charge in [0.1, 0.15) is 0 Å². The highest BCUT2D eigenvalue weighted by Gasteiger charge is 2.33. The second-order valence-corrected chi connectivity index (χ2v) is 10.7. The lowest BCUT2D eigenvalue weighted by Crippen LogP contribution is -2.51. The quantitative estimate of drug-likeness (QED) is 0.683. The average molecular weight is 465 g/mol. The fourth-order valence-electron chi connectivity index (χ4n) is 5.91. The zero-order chi connectivity index (χ0) is 23.3. The first-order chi connectivity index (χ1) is 16.6. The third kappa shape index (κ3) is 6.16. The lowest BCUT2D eigenvalue weighted by molar-refractivity contribution is -0.128. The Kier molecular flexibility index (Phi) is 7.80. The van der Waals surface area contributed by atoms with Crippen molar-refractivity contribution in [2.24, 2.45) is 11.8 Å². The van der Waals surface area contributed by atoms with Crippen LogP contribution < -0.4 is 5.32 Å². The van der Waals surface area contributed by atoms with Crippen LogP contribution in [0.5, 0.6) is 0 Å². The van der Waals surface area contributed by atoms with E-state index in [4.69, 9.17) is 4.74 Å². The van der Waals surface area contributed by atoms with Crippen LogP contribution in [0.2, 0.25) is 0 Å². The fourth-order valence-corrected chi connectivity index (χ4v) is 5.91. The number of piperidine rings is 1. The molecule has 34 heavy (non-hydrogen) atoms. The van der Waals surface area contributed by atoms with E-state index >= 15 is 0 Å². The van der Waals surface area contributed by atoms with E-state index in [9.17, 15) is 4.79 Å². The van der Waals surface area contributed by atoms with Crippen molar-refractivity contribution in [3.8, 4) is 0 Å². The van der Waals surface area contributed by atoms with Gasteiger partial charge in [-0.05, 0) is 54.6 Å². The number of piperazine rings is 1. The maximum Gasteiger partial charge on any atom is 0.224 e. The smallest absolute Gasteiger partial charge is 0.224 e. The van der Waals surface area contributed by atoms with E-state index in [1.807, 2.05) is 0 Å². The molecule has 0 saturated carbocycles. The molecule has 1 amide bonds. The molecular weight excluding hydrogens is 424 g/mol. The van der Waals surface area contributed by atoms with E-state index in [0.717, 1.165) is 78.2 Å². The van der Waals surface area contributed by atoms with Gasteiger partial charge in [-0.15, -0.1) is 0 Å². The topological polar surface area (TPSA) is 48.1 Å². The molecule has 0 spiro atoms. The predicted octanol–water partition coefficient (Wildman–Crippen LogP) is 2.82. The number of likely N-dealkylation sites (tertiary alicyclic amines) is 1. The van der Waals surface area contributed by atoms with E-state index in [1.54, 1.807) is 0 Å². The molecule has 2 aromatic rings. The van der Waals surface area contributed by atoms with Crippen LogP contribution in [0.25, 0.3) is 10.8 Å². The van der Waals surface area contributed by atoms with Gasteiger partial charge in [-0.2, -0.15) is 0 Å². The second kappa shape index (κ2) is 11.2. The van der Waals surface area contributed by atoms with Crippen molar-refractivity contribution in [2.45, 2.75) is 31.9 Å². The molecule has 3 aliphatic rings. The summed E-state index contributed by atoms with van der Waals surface area (Å²) in [5, 5.41) is 5.79. The Morgan fingerprint density at radius 2 is 1.85 bits per heavy atom. The van der Waals surface area contributed by atoms with Crippen molar-refractivity contribution in [1.82, 2.24) is 20.0 Å². The third-order valence-electron chi connectivity index (χ3n) is 7.84. The summed E-state index contributed by atoms with van der Waals surface area (Å²) >= 11 is 0. The zero-order valence-corrected chi connectivity index (χ0v) is 20.6. The van der Waals surface area contributed by atoms with Crippen LogP contribution in [0.3, 0.4) is 0 Å². The number of nitrogens with zero attached hydrogens (tertiary/aromatic N) is 3. The second-order valence-electron chi connectivity index (χ2n) is 10.7. The van der Waals surface area contributed by atoms with Gasteiger partial charge < -0.3 is 19.9 Å². The minimum Gasteiger partial charge on any atom is -0.376 e. The van der Waals surface area contributed by atoms with Crippen LogP contribution in [0, 0.1) is 11.8 Å². The van der Waals surface area contributed by atoms with Gasteiger partial charge in [-0.1, -0.05) is 36.4 Å². The van der Waals surface area contributed by atoms with E-state index in [-0.39, 0.29) is 17.9 Å². The number of nitrogens with one attached hydrogen (secondary N) is 1. The highest BCUT2D eigenvalue weighted by molar-refractivity contribution is 5.83. The van der Waals surface area contributed by atoms with Crippen molar-refractivity contribution >= 4 is 16.7 Å². The first-order valence-corrected chi connectivity index (χ1v) is 13.1. The Balaban J connectivity index is 1.25. The number of fused-ring (bicyclic) bond motifs is 1. The van der Waals surface area contributed by atoms with E-state index < -0.39 is 0 Å². The van der Waals surface area contributed by atoms with Gasteiger partial charge in [0.15, 0.2) is 0 Å². The molecule has 1 unspecified atom stereocenters. The molecule has 6 heteroatoms. The number of hydrogen-bond acceptors (Lipinski definition) is 5. The Hall–Kier alpha value is -1.99. The molecule has 3 saturated heterocycles. The maximum atomic E-state index is 13.2. The first kappa shape index (κ1) is 23.7. The molecule has 3 aliphatic heterocycles. The van der Waals surface area contributed by atoms with Crippen molar-refractivity contribution in [3.63, 3.8) is 0 Å². The number of hydrogen-bond donors (Lipinski definition) is 1. The molecule has 5 rings (SSSR count). The van der Waals surface area contributed by atoms with Crippen molar-refractivity contribution in [2.75, 3.05) is 66.0 Å². The summed E-state index contributed by atoms with van der Waals surface area (Å²) in [5.41, 5.74) is 1.33. The van der Waals surface area contributed by atoms with Crippen LogP contribution >= 0.6 is 0 Å². The number of benzene rings is 2. The van der Waals surface area contributed by atoms with E-state index in [0.29, 0.717) is 12.5 Å². The van der Waals surface area contributed by atoms with Gasteiger partial charge in [-0.25, -0.2) is 0 Å². The molecule has 3 fully saturated rings. The number of carbonyl (C=O) groups is 1. The number of rotatable bonds is 7.